The van der Waals surface area contributed by atoms with E-state index in [-0.39, 0.29) is 12.7 Å². The molecule has 2 amide bonds. The van der Waals surface area contributed by atoms with E-state index < -0.39 is 40.9 Å². The average Bonchev–Trinajstić information content (AvgIpc) is 3.41. The molecule has 1 aliphatic carbocycles. The van der Waals surface area contributed by atoms with Crippen LogP contribution >= 0.6 is 0 Å². The molecule has 2 atom stereocenters. The summed E-state index contributed by atoms with van der Waals surface area (Å²) in [7, 11) is 0. The molecule has 2 aliphatic heterocycles. The lowest BCUT2D eigenvalue weighted by Crippen LogP contribution is -2.57. The van der Waals surface area contributed by atoms with Gasteiger partial charge in [-0.25, -0.2) is 0 Å². The minimum absolute atomic E-state index is 0.0360. The van der Waals surface area contributed by atoms with E-state index in [4.69, 9.17) is 9.47 Å². The molecule has 3 fully saturated rings. The van der Waals surface area contributed by atoms with Gasteiger partial charge in [-0.05, 0) is 56.6 Å². The smallest absolute Gasteiger partial charge is 0.376 e. The van der Waals surface area contributed by atoms with Crippen molar-refractivity contribution in [2.45, 2.75) is 69.5 Å². The van der Waals surface area contributed by atoms with E-state index in [1.807, 2.05) is 0 Å². The average molecular weight is 454 g/mol. The summed E-state index contributed by atoms with van der Waals surface area (Å²) < 4.78 is 52.5. The maximum absolute atomic E-state index is 13.6. The number of ether oxygens (including phenoxy) is 2. The number of nitrogens with zero attached hydrogens (tertiary/aromatic N) is 1. The van der Waals surface area contributed by atoms with Gasteiger partial charge in [-0.2, -0.15) is 13.2 Å². The van der Waals surface area contributed by atoms with Crippen molar-refractivity contribution in [3.05, 3.63) is 35.4 Å². The zero-order valence-corrected chi connectivity index (χ0v) is 18.1. The fourth-order valence-electron chi connectivity index (χ4n) is 4.96. The molecule has 0 bridgehead atoms. The van der Waals surface area contributed by atoms with Gasteiger partial charge in [-0.15, -0.1) is 0 Å². The Morgan fingerprint density at radius 1 is 1.19 bits per heavy atom. The molecule has 1 aromatic carbocycles. The molecule has 1 N–H and O–H groups in total. The number of carbonyl (C=O) groups excluding carboxylic acids is 2. The zero-order valence-electron chi connectivity index (χ0n) is 18.1. The van der Waals surface area contributed by atoms with Crippen LogP contribution in [-0.2, 0) is 20.4 Å². The number of alkyl halides is 3. The predicted molar refractivity (Wildman–Crippen MR) is 110 cm³/mol. The van der Waals surface area contributed by atoms with Crippen molar-refractivity contribution in [1.82, 2.24) is 10.2 Å². The maximum Gasteiger partial charge on any atom is 0.417 e. The minimum Gasteiger partial charge on any atom is -0.376 e. The first-order chi connectivity index (χ1) is 15.2. The van der Waals surface area contributed by atoms with Crippen molar-refractivity contribution >= 4 is 11.8 Å². The minimum atomic E-state index is -4.68. The van der Waals surface area contributed by atoms with E-state index in [2.05, 4.69) is 12.2 Å². The molecule has 1 saturated carbocycles. The molecular formula is C23H29F3N2O4. The number of hydrogen-bond acceptors (Lipinski definition) is 4. The van der Waals surface area contributed by atoms with Gasteiger partial charge in [-0.1, -0.05) is 19.1 Å². The molecule has 0 radical (unpaired) electrons. The Hall–Kier alpha value is -2.13. The summed E-state index contributed by atoms with van der Waals surface area (Å²) in [5.41, 5.74) is -2.52. The number of nitrogens with one attached hydrogen (secondary N) is 1. The first kappa shape index (κ1) is 23.0. The Kier molecular flexibility index (Phi) is 6.49. The Balaban J connectivity index is 1.63. The monoisotopic (exact) mass is 454 g/mol. The van der Waals surface area contributed by atoms with Crippen molar-refractivity contribution in [2.24, 2.45) is 5.92 Å². The molecule has 2 unspecified atom stereocenters. The normalized spacial score (nSPS) is 30.6. The van der Waals surface area contributed by atoms with Crippen LogP contribution in [0.3, 0.4) is 0 Å². The summed E-state index contributed by atoms with van der Waals surface area (Å²) in [6, 6.07) is 3.74. The predicted octanol–water partition coefficient (Wildman–Crippen LogP) is 3.75. The number of halogens is 3. The Morgan fingerprint density at radius 2 is 1.91 bits per heavy atom. The van der Waals surface area contributed by atoms with Crippen LogP contribution in [-0.4, -0.2) is 54.3 Å². The summed E-state index contributed by atoms with van der Waals surface area (Å²) in [6.07, 6.45) is -0.478. The highest BCUT2D eigenvalue weighted by atomic mass is 19.4. The van der Waals surface area contributed by atoms with E-state index in [9.17, 15) is 22.8 Å². The number of benzene rings is 1. The molecule has 2 heterocycles. The molecule has 0 aromatic heterocycles. The van der Waals surface area contributed by atoms with Crippen molar-refractivity contribution in [2.75, 3.05) is 19.8 Å². The second-order valence-electron chi connectivity index (χ2n) is 9.05. The van der Waals surface area contributed by atoms with Gasteiger partial charge in [0.25, 0.3) is 5.91 Å². The summed E-state index contributed by atoms with van der Waals surface area (Å²) in [5, 5.41) is 2.82. The van der Waals surface area contributed by atoms with Crippen LogP contribution in [0.15, 0.2) is 24.3 Å². The summed E-state index contributed by atoms with van der Waals surface area (Å²) >= 11 is 0. The van der Waals surface area contributed by atoms with Crippen LogP contribution in [0.1, 0.15) is 61.4 Å². The van der Waals surface area contributed by atoms with E-state index in [1.54, 1.807) is 0 Å². The van der Waals surface area contributed by atoms with Crippen molar-refractivity contribution in [1.29, 1.82) is 0 Å². The molecule has 1 spiro atoms. The molecule has 4 rings (SSSR count). The molecule has 6 nitrogen and oxygen atoms in total. The standard InChI is InChI=1S/C23H29F3N2O4/c1-15-8-10-22(11-9-15)28(21(30)17-6-2-3-7-18(17)23(24,25)26)19(14-32-22)20(29)27-13-16-5-4-12-31-16/h2-3,6-7,15-16,19H,4-5,8-14H2,1H3,(H,27,29). The van der Waals surface area contributed by atoms with Crippen LogP contribution < -0.4 is 5.32 Å². The van der Waals surface area contributed by atoms with E-state index in [0.717, 1.165) is 31.7 Å². The maximum atomic E-state index is 13.6. The summed E-state index contributed by atoms with van der Waals surface area (Å²) in [6.45, 7) is 3.01. The van der Waals surface area contributed by atoms with Crippen LogP contribution in [0.5, 0.6) is 0 Å². The first-order valence-corrected chi connectivity index (χ1v) is 11.2. The van der Waals surface area contributed by atoms with Crippen molar-refractivity contribution in [3.63, 3.8) is 0 Å². The number of rotatable bonds is 4. The third kappa shape index (κ3) is 4.50. The van der Waals surface area contributed by atoms with E-state index in [1.165, 1.54) is 23.1 Å². The fourth-order valence-corrected chi connectivity index (χ4v) is 4.96. The molecular weight excluding hydrogens is 425 g/mol. The van der Waals surface area contributed by atoms with Gasteiger partial charge in [-0.3, -0.25) is 14.5 Å². The molecule has 1 aromatic rings. The Bertz CT molecular complexity index is 846. The first-order valence-electron chi connectivity index (χ1n) is 11.2. The van der Waals surface area contributed by atoms with Gasteiger partial charge in [0.05, 0.1) is 23.8 Å². The Morgan fingerprint density at radius 3 is 2.56 bits per heavy atom. The van der Waals surface area contributed by atoms with Crippen LogP contribution in [0, 0.1) is 5.92 Å². The molecule has 9 heteroatoms. The van der Waals surface area contributed by atoms with Crippen LogP contribution in [0.4, 0.5) is 13.2 Å². The number of carbonyl (C=O) groups is 2. The van der Waals surface area contributed by atoms with Gasteiger partial charge >= 0.3 is 6.18 Å². The zero-order chi connectivity index (χ0) is 22.9. The number of hydrogen-bond donors (Lipinski definition) is 1. The lowest BCUT2D eigenvalue weighted by molar-refractivity contribution is -0.138. The molecule has 32 heavy (non-hydrogen) atoms. The van der Waals surface area contributed by atoms with Gasteiger partial charge in [0.1, 0.15) is 11.8 Å². The lowest BCUT2D eigenvalue weighted by Gasteiger charge is -2.43. The van der Waals surface area contributed by atoms with Gasteiger partial charge in [0.15, 0.2) is 0 Å². The second-order valence-corrected chi connectivity index (χ2v) is 9.05. The van der Waals surface area contributed by atoms with E-state index in [0.29, 0.717) is 31.9 Å². The third-order valence-corrected chi connectivity index (χ3v) is 6.83. The van der Waals surface area contributed by atoms with Gasteiger partial charge < -0.3 is 14.8 Å². The van der Waals surface area contributed by atoms with Gasteiger partial charge in [0.2, 0.25) is 5.91 Å². The largest absolute Gasteiger partial charge is 0.417 e. The molecule has 3 aliphatic rings. The number of amides is 2. The van der Waals surface area contributed by atoms with Gasteiger partial charge in [0, 0.05) is 13.2 Å². The SMILES string of the molecule is CC1CCC2(CC1)OCC(C(=O)NCC1CCCO1)N2C(=O)c1ccccc1C(F)(F)F. The third-order valence-electron chi connectivity index (χ3n) is 6.83. The molecule has 2 saturated heterocycles. The van der Waals surface area contributed by atoms with Crippen LogP contribution in [0.25, 0.3) is 0 Å². The highest BCUT2D eigenvalue weighted by Gasteiger charge is 2.54. The molecule has 176 valence electrons. The van der Waals surface area contributed by atoms with Crippen molar-refractivity contribution < 1.29 is 32.2 Å². The van der Waals surface area contributed by atoms with E-state index >= 15 is 0 Å². The second kappa shape index (κ2) is 9.02. The van der Waals surface area contributed by atoms with Crippen molar-refractivity contribution in [3.8, 4) is 0 Å². The fraction of sp³-hybridized carbons (Fsp3) is 0.652. The topological polar surface area (TPSA) is 67.9 Å². The quantitative estimate of drug-likeness (QED) is 0.753. The highest BCUT2D eigenvalue weighted by Crippen LogP contribution is 2.44. The lowest BCUT2D eigenvalue weighted by atomic mass is 9.83. The summed E-state index contributed by atoms with van der Waals surface area (Å²) in [5.74, 6) is -0.813. The Labute approximate surface area is 185 Å². The van der Waals surface area contributed by atoms with Crippen LogP contribution in [0.2, 0.25) is 0 Å². The highest BCUT2D eigenvalue weighted by molar-refractivity contribution is 5.99. The summed E-state index contributed by atoms with van der Waals surface area (Å²) in [4.78, 5) is 27.9.